The Bertz CT molecular complexity index is 350. The molecule has 0 N–H and O–H groups in total. The fourth-order valence-electron chi connectivity index (χ4n) is 0.947. The van der Waals surface area contributed by atoms with Gasteiger partial charge in [-0.25, -0.2) is 4.79 Å². The van der Waals surface area contributed by atoms with Crippen molar-refractivity contribution in [1.29, 1.82) is 0 Å². The summed E-state index contributed by atoms with van der Waals surface area (Å²) in [7, 11) is 0. The van der Waals surface area contributed by atoms with Crippen molar-refractivity contribution in [3.05, 3.63) is 28.8 Å². The molecule has 0 aliphatic rings. The molecule has 0 bridgehead atoms. The maximum atomic E-state index is 11.5. The fourth-order valence-corrected chi connectivity index (χ4v) is 1.35. The second kappa shape index (κ2) is 4.71. The van der Waals surface area contributed by atoms with Crippen molar-refractivity contribution in [2.75, 3.05) is 0 Å². The van der Waals surface area contributed by atoms with Gasteiger partial charge in [-0.1, -0.05) is 11.6 Å². The Balaban J connectivity index is 2.94. The maximum Gasteiger partial charge on any atom is 0.339 e. The molecule has 0 saturated heterocycles. The summed E-state index contributed by atoms with van der Waals surface area (Å²) in [6.07, 6.45) is -0.151. The van der Waals surface area contributed by atoms with Crippen LogP contribution in [0.4, 0.5) is 0 Å². The van der Waals surface area contributed by atoms with E-state index in [1.54, 1.807) is 32.0 Å². The van der Waals surface area contributed by atoms with Crippen LogP contribution < -0.4 is 0 Å². The van der Waals surface area contributed by atoms with Gasteiger partial charge in [-0.2, -0.15) is 0 Å². The van der Waals surface area contributed by atoms with E-state index in [-0.39, 0.29) is 6.10 Å². The zero-order chi connectivity index (χ0) is 10.7. The van der Waals surface area contributed by atoms with Crippen molar-refractivity contribution < 1.29 is 9.53 Å². The highest BCUT2D eigenvalue weighted by Gasteiger charge is 2.13. The SMILES string of the molecule is CC(C)OC(=O)c1cc(S)ccc1Cl. The summed E-state index contributed by atoms with van der Waals surface area (Å²) >= 11 is 9.96. The Hall–Kier alpha value is -0.670. The Labute approximate surface area is 93.6 Å². The summed E-state index contributed by atoms with van der Waals surface area (Å²) < 4.78 is 5.01. The van der Waals surface area contributed by atoms with Crippen molar-refractivity contribution >= 4 is 30.2 Å². The highest BCUT2D eigenvalue weighted by atomic mass is 35.5. The largest absolute Gasteiger partial charge is 0.459 e. The quantitative estimate of drug-likeness (QED) is 0.624. The second-order valence-corrected chi connectivity index (χ2v) is 4.04. The standard InChI is InChI=1S/C10H11ClO2S/c1-6(2)13-10(12)8-5-7(14)3-4-9(8)11/h3-6,14H,1-2H3. The number of rotatable bonds is 2. The van der Waals surface area contributed by atoms with Crippen LogP contribution in [0.1, 0.15) is 24.2 Å². The molecule has 0 aliphatic heterocycles. The van der Waals surface area contributed by atoms with Gasteiger partial charge in [0, 0.05) is 4.90 Å². The smallest absolute Gasteiger partial charge is 0.339 e. The third-order valence-corrected chi connectivity index (χ3v) is 2.12. The van der Waals surface area contributed by atoms with Gasteiger partial charge in [0.05, 0.1) is 16.7 Å². The van der Waals surface area contributed by atoms with Crippen molar-refractivity contribution in [2.45, 2.75) is 24.8 Å². The summed E-state index contributed by atoms with van der Waals surface area (Å²) in [6, 6.07) is 4.94. The second-order valence-electron chi connectivity index (χ2n) is 3.12. The molecule has 14 heavy (non-hydrogen) atoms. The zero-order valence-corrected chi connectivity index (χ0v) is 9.60. The number of hydrogen-bond acceptors (Lipinski definition) is 3. The topological polar surface area (TPSA) is 26.3 Å². The van der Waals surface area contributed by atoms with Crippen LogP contribution in [-0.4, -0.2) is 12.1 Å². The lowest BCUT2D eigenvalue weighted by molar-refractivity contribution is 0.0378. The first-order valence-corrected chi connectivity index (χ1v) is 5.02. The lowest BCUT2D eigenvalue weighted by atomic mass is 10.2. The van der Waals surface area contributed by atoms with Crippen LogP contribution in [0.3, 0.4) is 0 Å². The minimum Gasteiger partial charge on any atom is -0.459 e. The highest BCUT2D eigenvalue weighted by molar-refractivity contribution is 7.80. The van der Waals surface area contributed by atoms with Crippen molar-refractivity contribution in [3.8, 4) is 0 Å². The molecule has 1 aromatic rings. The van der Waals surface area contributed by atoms with E-state index in [2.05, 4.69) is 12.6 Å². The average molecular weight is 231 g/mol. The third kappa shape index (κ3) is 2.93. The summed E-state index contributed by atoms with van der Waals surface area (Å²) in [5, 5.41) is 0.383. The Morgan fingerprint density at radius 2 is 2.14 bits per heavy atom. The molecule has 1 aromatic carbocycles. The first-order chi connectivity index (χ1) is 6.50. The van der Waals surface area contributed by atoms with Gasteiger partial charge in [0.1, 0.15) is 0 Å². The zero-order valence-electron chi connectivity index (χ0n) is 7.95. The molecular weight excluding hydrogens is 220 g/mol. The van der Waals surface area contributed by atoms with E-state index in [0.29, 0.717) is 15.5 Å². The molecule has 0 unspecified atom stereocenters. The number of benzene rings is 1. The van der Waals surface area contributed by atoms with E-state index in [0.717, 1.165) is 0 Å². The lowest BCUT2D eigenvalue weighted by Crippen LogP contribution is -2.12. The molecule has 0 amide bonds. The molecule has 1 rings (SSSR count). The molecule has 0 atom stereocenters. The predicted octanol–water partition coefficient (Wildman–Crippen LogP) is 3.19. The highest BCUT2D eigenvalue weighted by Crippen LogP contribution is 2.20. The van der Waals surface area contributed by atoms with Gasteiger partial charge in [-0.15, -0.1) is 12.6 Å². The van der Waals surface area contributed by atoms with Gasteiger partial charge < -0.3 is 4.74 Å². The monoisotopic (exact) mass is 230 g/mol. The molecule has 76 valence electrons. The molecule has 0 radical (unpaired) electrons. The van der Waals surface area contributed by atoms with Crippen LogP contribution in [0, 0.1) is 0 Å². The van der Waals surface area contributed by atoms with Crippen LogP contribution in [0.15, 0.2) is 23.1 Å². The Kier molecular flexibility index (Phi) is 3.84. The molecule has 0 aliphatic carbocycles. The number of carbonyl (C=O) groups excluding carboxylic acids is 1. The number of thiol groups is 1. The molecular formula is C10H11ClO2S. The Morgan fingerprint density at radius 1 is 1.50 bits per heavy atom. The molecule has 0 fully saturated rings. The van der Waals surface area contributed by atoms with Gasteiger partial charge in [0.15, 0.2) is 0 Å². The third-order valence-electron chi connectivity index (χ3n) is 1.51. The number of halogens is 1. The first-order valence-electron chi connectivity index (χ1n) is 4.20. The van der Waals surface area contributed by atoms with Crippen molar-refractivity contribution in [2.24, 2.45) is 0 Å². The molecule has 0 saturated carbocycles. The first kappa shape index (κ1) is 11.4. The van der Waals surface area contributed by atoms with Crippen LogP contribution in [0.25, 0.3) is 0 Å². The molecule has 0 aromatic heterocycles. The van der Waals surface area contributed by atoms with Gasteiger partial charge >= 0.3 is 5.97 Å². The minimum atomic E-state index is -0.416. The van der Waals surface area contributed by atoms with Crippen LogP contribution in [-0.2, 0) is 4.74 Å². The van der Waals surface area contributed by atoms with E-state index < -0.39 is 5.97 Å². The minimum absolute atomic E-state index is 0.151. The predicted molar refractivity (Wildman–Crippen MR) is 59.3 cm³/mol. The van der Waals surface area contributed by atoms with Gasteiger partial charge in [-0.3, -0.25) is 0 Å². The number of ether oxygens (including phenoxy) is 1. The van der Waals surface area contributed by atoms with Gasteiger partial charge in [0.25, 0.3) is 0 Å². The number of hydrogen-bond donors (Lipinski definition) is 1. The molecule has 4 heteroatoms. The molecule has 2 nitrogen and oxygen atoms in total. The number of carbonyl (C=O) groups is 1. The van der Waals surface area contributed by atoms with E-state index in [1.165, 1.54) is 0 Å². The summed E-state index contributed by atoms with van der Waals surface area (Å²) in [5.74, 6) is -0.416. The van der Waals surface area contributed by atoms with E-state index in [4.69, 9.17) is 16.3 Å². The normalized spacial score (nSPS) is 10.4. The van der Waals surface area contributed by atoms with Crippen LogP contribution in [0.5, 0.6) is 0 Å². The summed E-state index contributed by atoms with van der Waals surface area (Å²) in [4.78, 5) is 12.2. The van der Waals surface area contributed by atoms with Gasteiger partial charge in [-0.05, 0) is 32.0 Å². The van der Waals surface area contributed by atoms with E-state index >= 15 is 0 Å². The van der Waals surface area contributed by atoms with E-state index in [9.17, 15) is 4.79 Å². The maximum absolute atomic E-state index is 11.5. The van der Waals surface area contributed by atoms with Crippen LogP contribution in [0.2, 0.25) is 5.02 Å². The van der Waals surface area contributed by atoms with E-state index in [1.807, 2.05) is 0 Å². The Morgan fingerprint density at radius 3 is 2.71 bits per heavy atom. The number of esters is 1. The lowest BCUT2D eigenvalue weighted by Gasteiger charge is -2.09. The van der Waals surface area contributed by atoms with Gasteiger partial charge in [0.2, 0.25) is 0 Å². The summed E-state index contributed by atoms with van der Waals surface area (Å²) in [6.45, 7) is 3.58. The van der Waals surface area contributed by atoms with Crippen molar-refractivity contribution in [3.63, 3.8) is 0 Å². The average Bonchev–Trinajstić information content (AvgIpc) is 2.08. The van der Waals surface area contributed by atoms with Crippen LogP contribution >= 0.6 is 24.2 Å². The fraction of sp³-hybridized carbons (Fsp3) is 0.300. The summed E-state index contributed by atoms with van der Waals surface area (Å²) in [5.41, 5.74) is 0.355. The molecule has 0 heterocycles. The van der Waals surface area contributed by atoms with Crippen molar-refractivity contribution in [1.82, 2.24) is 0 Å². The molecule has 0 spiro atoms.